The third-order valence-electron chi connectivity index (χ3n) is 3.98. The number of hydrogen-bond acceptors (Lipinski definition) is 4. The number of hydrogen-bond donors (Lipinski definition) is 1. The van der Waals surface area contributed by atoms with Gasteiger partial charge in [-0.25, -0.2) is 4.83 Å². The predicted octanol–water partition coefficient (Wildman–Crippen LogP) is 3.89. The molecule has 0 fully saturated rings. The van der Waals surface area contributed by atoms with Gasteiger partial charge < -0.3 is 4.74 Å². The zero-order chi connectivity index (χ0) is 19.1. The van der Waals surface area contributed by atoms with Crippen molar-refractivity contribution in [2.24, 2.45) is 5.10 Å². The number of sulfonamides is 1. The smallest absolute Gasteiger partial charge is 0.276 e. The summed E-state index contributed by atoms with van der Waals surface area (Å²) in [6, 6.07) is 23.5. The number of ether oxygens (including phenoxy) is 1. The quantitative estimate of drug-likeness (QED) is 0.499. The third-order valence-corrected chi connectivity index (χ3v) is 5.21. The van der Waals surface area contributed by atoms with Crippen LogP contribution in [0.3, 0.4) is 0 Å². The average Bonchev–Trinajstić information content (AvgIpc) is 2.69. The molecule has 0 saturated carbocycles. The highest BCUT2D eigenvalue weighted by Crippen LogP contribution is 2.15. The van der Waals surface area contributed by atoms with Crippen LogP contribution in [-0.4, -0.2) is 14.6 Å². The molecule has 27 heavy (non-hydrogen) atoms. The van der Waals surface area contributed by atoms with Crippen LogP contribution in [0.25, 0.3) is 0 Å². The molecule has 0 aliphatic heterocycles. The van der Waals surface area contributed by atoms with E-state index >= 15 is 0 Å². The summed E-state index contributed by atoms with van der Waals surface area (Å²) < 4.78 is 29.9. The highest BCUT2D eigenvalue weighted by Gasteiger charge is 2.10. The van der Waals surface area contributed by atoms with Gasteiger partial charge in [-0.15, -0.1) is 0 Å². The molecule has 5 nitrogen and oxygen atoms in total. The van der Waals surface area contributed by atoms with Crippen LogP contribution >= 0.6 is 0 Å². The lowest BCUT2D eigenvalue weighted by molar-refractivity contribution is 0.305. The first-order valence-corrected chi connectivity index (χ1v) is 9.90. The second-order valence-corrected chi connectivity index (χ2v) is 7.61. The van der Waals surface area contributed by atoms with Gasteiger partial charge in [-0.1, -0.05) is 42.5 Å². The highest BCUT2D eigenvalue weighted by atomic mass is 32.2. The maximum Gasteiger partial charge on any atom is 0.276 e. The van der Waals surface area contributed by atoms with Gasteiger partial charge in [-0.2, -0.15) is 13.5 Å². The first-order chi connectivity index (χ1) is 13.0. The van der Waals surface area contributed by atoms with Crippen LogP contribution in [0.15, 0.2) is 88.9 Å². The second-order valence-electron chi connectivity index (χ2n) is 5.95. The van der Waals surface area contributed by atoms with Gasteiger partial charge in [0, 0.05) is 0 Å². The van der Waals surface area contributed by atoms with E-state index in [9.17, 15) is 8.42 Å². The Morgan fingerprint density at radius 3 is 2.30 bits per heavy atom. The van der Waals surface area contributed by atoms with Crippen molar-refractivity contribution in [1.29, 1.82) is 0 Å². The van der Waals surface area contributed by atoms with Gasteiger partial charge in [0.1, 0.15) is 12.4 Å². The van der Waals surface area contributed by atoms with Crippen LogP contribution in [-0.2, 0) is 16.6 Å². The molecule has 0 amide bonds. The fraction of sp³-hybridized carbons (Fsp3) is 0.0952. The molecule has 3 aromatic carbocycles. The standard InChI is InChI=1S/C21H20N2O3S/c1-17-7-5-6-8-19(17)16-26-20-13-11-18(12-14-20)15-22-23-27(24,25)21-9-3-2-4-10-21/h2-15,23H,16H2,1H3. The summed E-state index contributed by atoms with van der Waals surface area (Å²) in [4.78, 5) is 2.37. The maximum atomic E-state index is 12.1. The molecule has 1 N–H and O–H groups in total. The Kier molecular flexibility index (Phi) is 5.88. The SMILES string of the molecule is Cc1ccccc1COc1ccc(C=NNS(=O)(=O)c2ccccc2)cc1. The number of benzene rings is 3. The molecular formula is C21H20N2O3S. The van der Waals surface area contributed by atoms with E-state index < -0.39 is 10.0 Å². The van der Waals surface area contributed by atoms with Gasteiger partial charge >= 0.3 is 0 Å². The fourth-order valence-corrected chi connectivity index (χ4v) is 3.22. The summed E-state index contributed by atoms with van der Waals surface area (Å²) in [5.74, 6) is 0.736. The summed E-state index contributed by atoms with van der Waals surface area (Å²) in [5.41, 5.74) is 3.08. The zero-order valence-electron chi connectivity index (χ0n) is 14.9. The number of hydrazone groups is 1. The number of nitrogens with zero attached hydrogens (tertiary/aromatic N) is 1. The molecular weight excluding hydrogens is 360 g/mol. The van der Waals surface area contributed by atoms with Gasteiger partial charge in [0.25, 0.3) is 10.0 Å². The minimum absolute atomic E-state index is 0.169. The van der Waals surface area contributed by atoms with Crippen LogP contribution in [0.2, 0.25) is 0 Å². The van der Waals surface area contributed by atoms with E-state index in [2.05, 4.69) is 22.9 Å². The molecule has 0 saturated heterocycles. The van der Waals surface area contributed by atoms with Crippen molar-refractivity contribution < 1.29 is 13.2 Å². The van der Waals surface area contributed by atoms with Gasteiger partial charge in [0.2, 0.25) is 0 Å². The third kappa shape index (κ3) is 5.18. The molecule has 6 heteroatoms. The Morgan fingerprint density at radius 2 is 1.59 bits per heavy atom. The Morgan fingerprint density at radius 1 is 0.926 bits per heavy atom. The van der Waals surface area contributed by atoms with Crippen molar-refractivity contribution in [3.05, 3.63) is 95.6 Å². The number of rotatable bonds is 7. The molecule has 0 bridgehead atoms. The number of nitrogens with one attached hydrogen (secondary N) is 1. The van der Waals surface area contributed by atoms with Crippen LogP contribution in [0, 0.1) is 6.92 Å². The van der Waals surface area contributed by atoms with Crippen LogP contribution in [0.5, 0.6) is 5.75 Å². The van der Waals surface area contributed by atoms with Gasteiger partial charge in [-0.3, -0.25) is 0 Å². The lowest BCUT2D eigenvalue weighted by Crippen LogP contribution is -2.18. The summed E-state index contributed by atoms with van der Waals surface area (Å²) in [6.07, 6.45) is 1.45. The van der Waals surface area contributed by atoms with Crippen molar-refractivity contribution in [3.63, 3.8) is 0 Å². The molecule has 3 aromatic rings. The topological polar surface area (TPSA) is 67.8 Å². The van der Waals surface area contributed by atoms with E-state index in [1.807, 2.05) is 42.5 Å². The van der Waals surface area contributed by atoms with Crippen molar-refractivity contribution >= 4 is 16.2 Å². The van der Waals surface area contributed by atoms with E-state index in [1.165, 1.54) is 23.9 Å². The molecule has 0 unspecified atom stereocenters. The molecule has 0 aliphatic carbocycles. The normalized spacial score (nSPS) is 11.4. The minimum atomic E-state index is -3.65. The summed E-state index contributed by atoms with van der Waals surface area (Å²) >= 11 is 0. The van der Waals surface area contributed by atoms with Gasteiger partial charge in [-0.05, 0) is 60.0 Å². The van der Waals surface area contributed by atoms with Crippen LogP contribution in [0.4, 0.5) is 0 Å². The van der Waals surface area contributed by atoms with Crippen molar-refractivity contribution in [1.82, 2.24) is 4.83 Å². The van der Waals surface area contributed by atoms with E-state index in [-0.39, 0.29) is 4.90 Å². The molecule has 138 valence electrons. The second kappa shape index (κ2) is 8.51. The molecule has 0 radical (unpaired) electrons. The van der Waals surface area contributed by atoms with Crippen molar-refractivity contribution in [3.8, 4) is 5.75 Å². The lowest BCUT2D eigenvalue weighted by atomic mass is 10.1. The molecule has 0 heterocycles. The average molecular weight is 380 g/mol. The Labute approximate surface area is 159 Å². The number of aryl methyl sites for hydroxylation is 1. The lowest BCUT2D eigenvalue weighted by Gasteiger charge is -2.08. The molecule has 0 spiro atoms. The zero-order valence-corrected chi connectivity index (χ0v) is 15.7. The van der Waals surface area contributed by atoms with Crippen LogP contribution in [0.1, 0.15) is 16.7 Å². The minimum Gasteiger partial charge on any atom is -0.489 e. The van der Waals surface area contributed by atoms with Gasteiger partial charge in [0.15, 0.2) is 0 Å². The summed E-state index contributed by atoms with van der Waals surface area (Å²) in [5, 5.41) is 3.82. The summed E-state index contributed by atoms with van der Waals surface area (Å²) in [7, 11) is -3.65. The van der Waals surface area contributed by atoms with Crippen molar-refractivity contribution in [2.75, 3.05) is 0 Å². The largest absolute Gasteiger partial charge is 0.489 e. The highest BCUT2D eigenvalue weighted by molar-refractivity contribution is 7.89. The summed E-state index contributed by atoms with van der Waals surface area (Å²) in [6.45, 7) is 2.55. The van der Waals surface area contributed by atoms with E-state index in [0.29, 0.717) is 6.61 Å². The van der Waals surface area contributed by atoms with Crippen molar-refractivity contribution in [2.45, 2.75) is 18.4 Å². The van der Waals surface area contributed by atoms with Gasteiger partial charge in [0.05, 0.1) is 11.1 Å². The van der Waals surface area contributed by atoms with E-state index in [4.69, 9.17) is 4.74 Å². The maximum absolute atomic E-state index is 12.1. The fourth-order valence-electron chi connectivity index (χ4n) is 2.41. The Hall–Kier alpha value is -3.12. The molecule has 0 atom stereocenters. The Balaban J connectivity index is 1.57. The first-order valence-electron chi connectivity index (χ1n) is 8.42. The monoisotopic (exact) mass is 380 g/mol. The predicted molar refractivity (Wildman–Crippen MR) is 106 cm³/mol. The molecule has 3 rings (SSSR count). The van der Waals surface area contributed by atoms with E-state index in [0.717, 1.165) is 16.9 Å². The Bertz CT molecular complexity index is 1010. The van der Waals surface area contributed by atoms with E-state index in [1.54, 1.807) is 18.2 Å². The molecule has 0 aliphatic rings. The first kappa shape index (κ1) is 18.7. The van der Waals surface area contributed by atoms with Crippen LogP contribution < -0.4 is 9.57 Å². The molecule has 0 aromatic heterocycles.